The first-order chi connectivity index (χ1) is 17.9. The molecule has 0 amide bonds. The number of benzene rings is 2. The van der Waals surface area contributed by atoms with E-state index in [0.717, 1.165) is 72.6 Å². The minimum Gasteiger partial charge on any atom is -0.496 e. The van der Waals surface area contributed by atoms with Crippen LogP contribution in [0, 0.1) is 30.0 Å². The fourth-order valence-corrected chi connectivity index (χ4v) is 5.46. The number of ether oxygens (including phenoxy) is 1. The van der Waals surface area contributed by atoms with Crippen molar-refractivity contribution in [2.45, 2.75) is 40.2 Å². The summed E-state index contributed by atoms with van der Waals surface area (Å²) >= 11 is 0. The molecule has 5 rings (SSSR count). The Bertz CT molecular complexity index is 1480. The van der Waals surface area contributed by atoms with Crippen molar-refractivity contribution in [3.63, 3.8) is 0 Å². The quantitative estimate of drug-likeness (QED) is 0.325. The van der Waals surface area contributed by atoms with E-state index in [2.05, 4.69) is 47.1 Å². The van der Waals surface area contributed by atoms with Crippen LogP contribution in [0.1, 0.15) is 42.5 Å². The van der Waals surface area contributed by atoms with Crippen LogP contribution in [0.5, 0.6) is 5.75 Å². The molecule has 0 unspecified atom stereocenters. The standard InChI is InChI=1S/C30H34FN5O/c1-20(2)9-11-24-21(3)25(18-32)29-33-26-7-5-6-8-27(26)36(29)30(24)35-15-13-34(14-16-35)19-22-17-23(31)10-12-28(22)37-4/h5-8,10,12,17,20H,9,11,13-16,19H2,1-4H3. The summed E-state index contributed by atoms with van der Waals surface area (Å²) in [5.74, 6) is 2.19. The fourth-order valence-electron chi connectivity index (χ4n) is 5.46. The van der Waals surface area contributed by atoms with E-state index in [0.29, 0.717) is 23.8 Å². The van der Waals surface area contributed by atoms with E-state index in [-0.39, 0.29) is 5.82 Å². The first-order valence-electron chi connectivity index (χ1n) is 13.0. The molecule has 0 saturated carbocycles. The number of methoxy groups -OCH3 is 1. The molecule has 2 aromatic heterocycles. The topological polar surface area (TPSA) is 56.8 Å². The molecular weight excluding hydrogens is 465 g/mol. The average molecular weight is 500 g/mol. The molecule has 37 heavy (non-hydrogen) atoms. The molecule has 1 saturated heterocycles. The second kappa shape index (κ2) is 10.4. The molecule has 0 atom stereocenters. The number of fused-ring (bicyclic) bond motifs is 3. The summed E-state index contributed by atoms with van der Waals surface area (Å²) in [6, 6.07) is 15.3. The van der Waals surface area contributed by atoms with Gasteiger partial charge >= 0.3 is 0 Å². The summed E-state index contributed by atoms with van der Waals surface area (Å²) in [5, 5.41) is 10.1. The Morgan fingerprint density at radius 3 is 2.57 bits per heavy atom. The van der Waals surface area contributed by atoms with Gasteiger partial charge in [0.15, 0.2) is 5.65 Å². The number of hydrogen-bond acceptors (Lipinski definition) is 5. The maximum atomic E-state index is 13.9. The van der Waals surface area contributed by atoms with Crippen molar-refractivity contribution in [1.82, 2.24) is 14.3 Å². The van der Waals surface area contributed by atoms with Crippen molar-refractivity contribution in [3.8, 4) is 11.8 Å². The van der Waals surface area contributed by atoms with Crippen LogP contribution in [0.3, 0.4) is 0 Å². The van der Waals surface area contributed by atoms with Gasteiger partial charge in [-0.15, -0.1) is 0 Å². The monoisotopic (exact) mass is 499 g/mol. The van der Waals surface area contributed by atoms with E-state index in [1.54, 1.807) is 19.2 Å². The lowest BCUT2D eigenvalue weighted by Gasteiger charge is -2.38. The third-order valence-corrected chi connectivity index (χ3v) is 7.49. The number of hydrogen-bond donors (Lipinski definition) is 0. The lowest BCUT2D eigenvalue weighted by Crippen LogP contribution is -2.47. The number of para-hydroxylation sites is 2. The van der Waals surface area contributed by atoms with Crippen molar-refractivity contribution in [2.24, 2.45) is 5.92 Å². The van der Waals surface area contributed by atoms with Crippen molar-refractivity contribution < 1.29 is 9.13 Å². The van der Waals surface area contributed by atoms with Crippen molar-refractivity contribution in [3.05, 3.63) is 70.5 Å². The Labute approximate surface area is 217 Å². The summed E-state index contributed by atoms with van der Waals surface area (Å²) in [6.45, 7) is 10.6. The van der Waals surface area contributed by atoms with Gasteiger partial charge in [-0.25, -0.2) is 9.37 Å². The number of nitrogens with zero attached hydrogens (tertiary/aromatic N) is 5. The number of aromatic nitrogens is 2. The summed E-state index contributed by atoms with van der Waals surface area (Å²) in [5.41, 5.74) is 6.46. The van der Waals surface area contributed by atoms with Crippen molar-refractivity contribution >= 4 is 22.5 Å². The lowest BCUT2D eigenvalue weighted by atomic mass is 9.96. The molecule has 1 aliphatic heterocycles. The molecule has 192 valence electrons. The van der Waals surface area contributed by atoms with Crippen LogP contribution in [-0.4, -0.2) is 47.6 Å². The molecule has 6 nitrogen and oxygen atoms in total. The van der Waals surface area contributed by atoms with Gasteiger partial charge in [-0.05, 0) is 67.1 Å². The van der Waals surface area contributed by atoms with Crippen LogP contribution in [0.4, 0.5) is 10.2 Å². The first kappa shape index (κ1) is 25.0. The number of halogens is 1. The van der Waals surface area contributed by atoms with Gasteiger partial charge in [0.2, 0.25) is 0 Å². The van der Waals surface area contributed by atoms with Gasteiger partial charge in [0, 0.05) is 38.3 Å². The maximum absolute atomic E-state index is 13.9. The van der Waals surface area contributed by atoms with Gasteiger partial charge in [-0.1, -0.05) is 26.0 Å². The SMILES string of the molecule is COc1ccc(F)cc1CN1CCN(c2c(CCC(C)C)c(C)c(C#N)c3nc4ccccc4n23)CC1. The second-order valence-corrected chi connectivity index (χ2v) is 10.3. The number of pyridine rings is 1. The van der Waals surface area contributed by atoms with Gasteiger partial charge in [0.25, 0.3) is 0 Å². The van der Waals surface area contributed by atoms with E-state index >= 15 is 0 Å². The third kappa shape index (κ3) is 4.74. The predicted molar refractivity (Wildman–Crippen MR) is 146 cm³/mol. The Balaban J connectivity index is 1.53. The Kier molecular flexibility index (Phi) is 7.03. The summed E-state index contributed by atoms with van der Waals surface area (Å²) < 4.78 is 21.6. The molecule has 2 aromatic carbocycles. The van der Waals surface area contributed by atoms with Crippen LogP contribution >= 0.6 is 0 Å². The van der Waals surface area contributed by atoms with Gasteiger partial charge in [0.1, 0.15) is 23.5 Å². The molecule has 0 radical (unpaired) electrons. The minimum absolute atomic E-state index is 0.244. The molecule has 0 bridgehead atoms. The number of imidazole rings is 1. The third-order valence-electron chi connectivity index (χ3n) is 7.49. The largest absolute Gasteiger partial charge is 0.496 e. The minimum atomic E-state index is -0.244. The molecule has 1 fully saturated rings. The van der Waals surface area contributed by atoms with Crippen LogP contribution in [-0.2, 0) is 13.0 Å². The molecule has 0 aliphatic carbocycles. The number of piperazine rings is 1. The Hall–Kier alpha value is -3.63. The Morgan fingerprint density at radius 1 is 1.11 bits per heavy atom. The summed E-state index contributed by atoms with van der Waals surface area (Å²) in [4.78, 5) is 9.69. The molecule has 1 aliphatic rings. The van der Waals surface area contributed by atoms with E-state index in [4.69, 9.17) is 9.72 Å². The van der Waals surface area contributed by atoms with Gasteiger partial charge in [-0.3, -0.25) is 9.30 Å². The smallest absolute Gasteiger partial charge is 0.157 e. The molecule has 3 heterocycles. The van der Waals surface area contributed by atoms with Crippen molar-refractivity contribution in [2.75, 3.05) is 38.2 Å². The number of nitriles is 1. The zero-order valence-electron chi connectivity index (χ0n) is 22.1. The highest BCUT2D eigenvalue weighted by molar-refractivity contribution is 5.86. The highest BCUT2D eigenvalue weighted by Gasteiger charge is 2.27. The fraction of sp³-hybridized carbons (Fsp3) is 0.400. The average Bonchev–Trinajstić information content (AvgIpc) is 3.27. The highest BCUT2D eigenvalue weighted by Crippen LogP contribution is 2.35. The van der Waals surface area contributed by atoms with Crippen LogP contribution in [0.2, 0.25) is 0 Å². The molecule has 0 spiro atoms. The van der Waals surface area contributed by atoms with Crippen LogP contribution < -0.4 is 9.64 Å². The summed E-state index contributed by atoms with van der Waals surface area (Å²) in [7, 11) is 1.63. The predicted octanol–water partition coefficient (Wildman–Crippen LogP) is 5.73. The van der Waals surface area contributed by atoms with Crippen LogP contribution in [0.25, 0.3) is 16.7 Å². The van der Waals surface area contributed by atoms with Gasteiger partial charge in [-0.2, -0.15) is 5.26 Å². The van der Waals surface area contributed by atoms with E-state index in [1.165, 1.54) is 11.6 Å². The van der Waals surface area contributed by atoms with Gasteiger partial charge < -0.3 is 9.64 Å². The molecular formula is C30H34FN5O. The summed E-state index contributed by atoms with van der Waals surface area (Å²) in [6.07, 6.45) is 1.97. The molecule has 7 heteroatoms. The Morgan fingerprint density at radius 2 is 1.86 bits per heavy atom. The first-order valence-corrected chi connectivity index (χ1v) is 13.0. The second-order valence-electron chi connectivity index (χ2n) is 10.3. The zero-order valence-corrected chi connectivity index (χ0v) is 22.1. The molecule has 4 aromatic rings. The number of rotatable bonds is 7. The maximum Gasteiger partial charge on any atom is 0.157 e. The number of anilines is 1. The van der Waals surface area contributed by atoms with Gasteiger partial charge in [0.05, 0.1) is 23.7 Å². The van der Waals surface area contributed by atoms with Crippen LogP contribution in [0.15, 0.2) is 42.5 Å². The molecule has 0 N–H and O–H groups in total. The lowest BCUT2D eigenvalue weighted by molar-refractivity contribution is 0.245. The normalized spacial score (nSPS) is 14.6. The van der Waals surface area contributed by atoms with E-state index in [9.17, 15) is 9.65 Å². The van der Waals surface area contributed by atoms with Crippen molar-refractivity contribution in [1.29, 1.82) is 5.26 Å². The highest BCUT2D eigenvalue weighted by atomic mass is 19.1. The van der Waals surface area contributed by atoms with E-state index < -0.39 is 0 Å². The van der Waals surface area contributed by atoms with E-state index in [1.807, 2.05) is 18.2 Å². The zero-order chi connectivity index (χ0) is 26.1.